The first-order valence-corrected chi connectivity index (χ1v) is 15.9. The maximum Gasteiger partial charge on any atom is 0.310 e. The van der Waals surface area contributed by atoms with Crippen molar-refractivity contribution in [3.8, 4) is 0 Å². The average Bonchev–Trinajstić information content (AvgIpc) is 3.54. The molecule has 6 atom stereocenters. The van der Waals surface area contributed by atoms with Crippen LogP contribution in [0.2, 0.25) is 0 Å². The Bertz CT molecular complexity index is 1110. The number of nitrogens with zero attached hydrogens (tertiary/aromatic N) is 3. The molecule has 3 aliphatic heterocycles. The number of hydrogen-bond donors (Lipinski definition) is 1. The summed E-state index contributed by atoms with van der Waals surface area (Å²) in [5, 5.41) is 9.45. The molecule has 0 aromatic heterocycles. The van der Waals surface area contributed by atoms with Crippen LogP contribution in [-0.2, 0) is 19.1 Å². The zero-order valence-corrected chi connectivity index (χ0v) is 25.7. The minimum Gasteiger partial charge on any atom is -0.465 e. The van der Waals surface area contributed by atoms with Crippen molar-refractivity contribution in [3.63, 3.8) is 0 Å². The lowest BCUT2D eigenvalue weighted by atomic mass is 9.71. The molecular weight excluding hydrogens is 594 g/mol. The quantitative estimate of drug-likeness (QED) is 0.143. The predicted octanol–water partition coefficient (Wildman–Crippen LogP) is 4.02. The van der Waals surface area contributed by atoms with Crippen molar-refractivity contribution in [1.29, 1.82) is 0 Å². The Hall–Kier alpha value is -2.30. The monoisotopic (exact) mass is 633 g/mol. The zero-order chi connectivity index (χ0) is 29.0. The van der Waals surface area contributed by atoms with Crippen molar-refractivity contribution in [2.75, 3.05) is 49.2 Å². The van der Waals surface area contributed by atoms with Crippen LogP contribution >= 0.6 is 27.7 Å². The first kappa shape index (κ1) is 30.7. The van der Waals surface area contributed by atoms with Gasteiger partial charge in [0.15, 0.2) is 0 Å². The molecule has 0 radical (unpaired) electrons. The van der Waals surface area contributed by atoms with Crippen LogP contribution in [0.5, 0.6) is 0 Å². The van der Waals surface area contributed by atoms with E-state index in [1.165, 1.54) is 0 Å². The number of esters is 1. The van der Waals surface area contributed by atoms with E-state index in [-0.39, 0.29) is 48.2 Å². The van der Waals surface area contributed by atoms with Gasteiger partial charge in [0, 0.05) is 54.2 Å². The number of carbonyl (C=O) groups excluding carboxylic acids is 3. The van der Waals surface area contributed by atoms with Gasteiger partial charge in [0.1, 0.15) is 6.04 Å². The third-order valence-electron chi connectivity index (χ3n) is 8.29. The highest BCUT2D eigenvalue weighted by Gasteiger charge is 2.76. The molecular formula is C30H40BrN3O5S. The Labute approximate surface area is 249 Å². The number of likely N-dealkylation sites (tertiary alicyclic amines) is 1. The summed E-state index contributed by atoms with van der Waals surface area (Å²) >= 11 is 5.35. The SMILES string of the molecule is C=CCCOC(=O)[C@H]1[C@@H]2SC3(CC2Br)C(C(=O)N(CC=C)c2ccc(N(CC)CC)cc2)N(CCCO)C(=O)[C@H]13. The summed E-state index contributed by atoms with van der Waals surface area (Å²) in [6.07, 6.45) is 4.84. The van der Waals surface area contributed by atoms with Gasteiger partial charge in [-0.15, -0.1) is 24.9 Å². The molecule has 3 fully saturated rings. The fraction of sp³-hybridized carbons (Fsp3) is 0.567. The largest absolute Gasteiger partial charge is 0.465 e. The van der Waals surface area contributed by atoms with Gasteiger partial charge in [-0.25, -0.2) is 0 Å². The second-order valence-electron chi connectivity index (χ2n) is 10.4. The molecule has 0 saturated carbocycles. The fourth-order valence-corrected chi connectivity index (χ4v) is 10.1. The van der Waals surface area contributed by atoms with Gasteiger partial charge in [0.25, 0.3) is 5.91 Å². The molecule has 1 N–H and O–H groups in total. The number of anilines is 2. The van der Waals surface area contributed by atoms with Crippen molar-refractivity contribution in [1.82, 2.24) is 4.90 Å². The summed E-state index contributed by atoms with van der Waals surface area (Å²) in [6.45, 7) is 14.2. The van der Waals surface area contributed by atoms with E-state index in [0.29, 0.717) is 19.3 Å². The van der Waals surface area contributed by atoms with E-state index in [1.807, 2.05) is 24.3 Å². The minimum atomic E-state index is -0.778. The Morgan fingerprint density at radius 2 is 1.88 bits per heavy atom. The summed E-state index contributed by atoms with van der Waals surface area (Å²) in [4.78, 5) is 47.4. The summed E-state index contributed by atoms with van der Waals surface area (Å²) in [5.41, 5.74) is 1.80. The van der Waals surface area contributed by atoms with Crippen molar-refractivity contribution in [2.45, 2.75) is 54.0 Å². The number of halogens is 1. The molecule has 1 aromatic rings. The highest BCUT2D eigenvalue weighted by Crippen LogP contribution is 2.68. The van der Waals surface area contributed by atoms with Crippen molar-refractivity contribution >= 4 is 56.9 Å². The Balaban J connectivity index is 1.71. The van der Waals surface area contributed by atoms with E-state index in [4.69, 9.17) is 4.74 Å². The van der Waals surface area contributed by atoms with Gasteiger partial charge in [-0.1, -0.05) is 28.1 Å². The minimum absolute atomic E-state index is 0.0344. The molecule has 1 spiro atoms. The summed E-state index contributed by atoms with van der Waals surface area (Å²) < 4.78 is 4.80. The van der Waals surface area contributed by atoms with E-state index in [0.717, 1.165) is 24.5 Å². The number of carbonyl (C=O) groups is 3. The summed E-state index contributed by atoms with van der Waals surface area (Å²) in [5.74, 6) is -2.10. The Kier molecular flexibility index (Phi) is 10.1. The molecule has 2 amide bonds. The van der Waals surface area contributed by atoms with E-state index >= 15 is 0 Å². The Morgan fingerprint density at radius 3 is 2.48 bits per heavy atom. The van der Waals surface area contributed by atoms with Crippen LogP contribution in [0.25, 0.3) is 0 Å². The van der Waals surface area contributed by atoms with Crippen LogP contribution in [0, 0.1) is 11.8 Å². The van der Waals surface area contributed by atoms with Crippen molar-refractivity contribution in [3.05, 3.63) is 49.6 Å². The molecule has 1 aromatic carbocycles. The maximum absolute atomic E-state index is 14.6. The molecule has 3 saturated heterocycles. The third kappa shape index (κ3) is 5.34. The van der Waals surface area contributed by atoms with Gasteiger partial charge in [0.05, 0.1) is 23.2 Å². The normalized spacial score (nSPS) is 28.4. The summed E-state index contributed by atoms with van der Waals surface area (Å²) in [7, 11) is 0. The number of ether oxygens (including phenoxy) is 1. The Morgan fingerprint density at radius 1 is 1.20 bits per heavy atom. The smallest absolute Gasteiger partial charge is 0.310 e. The lowest BCUT2D eigenvalue weighted by Gasteiger charge is -2.38. The molecule has 0 aliphatic carbocycles. The molecule has 2 bridgehead atoms. The van der Waals surface area contributed by atoms with Crippen LogP contribution in [0.15, 0.2) is 49.6 Å². The van der Waals surface area contributed by atoms with Crippen LogP contribution in [0.3, 0.4) is 0 Å². The van der Waals surface area contributed by atoms with E-state index in [2.05, 4.69) is 47.8 Å². The number of amides is 2. The van der Waals surface area contributed by atoms with Crippen molar-refractivity contribution in [2.24, 2.45) is 11.8 Å². The molecule has 3 heterocycles. The number of hydrogen-bond acceptors (Lipinski definition) is 7. The van der Waals surface area contributed by atoms with Gasteiger partial charge in [-0.2, -0.15) is 0 Å². The number of fused-ring (bicyclic) bond motifs is 1. The molecule has 4 rings (SSSR count). The second-order valence-corrected chi connectivity index (χ2v) is 13.2. The molecule has 40 heavy (non-hydrogen) atoms. The number of aliphatic hydroxyl groups excluding tert-OH is 1. The van der Waals surface area contributed by atoms with Gasteiger partial charge < -0.3 is 24.5 Å². The average molecular weight is 635 g/mol. The summed E-state index contributed by atoms with van der Waals surface area (Å²) in [6, 6.07) is 7.11. The molecule has 8 nitrogen and oxygen atoms in total. The number of benzene rings is 1. The van der Waals surface area contributed by atoms with Crippen LogP contribution in [0.4, 0.5) is 11.4 Å². The van der Waals surface area contributed by atoms with Crippen molar-refractivity contribution < 1.29 is 24.2 Å². The van der Waals surface area contributed by atoms with E-state index < -0.39 is 28.6 Å². The third-order valence-corrected chi connectivity index (χ3v) is 11.5. The van der Waals surface area contributed by atoms with Crippen LogP contribution in [0.1, 0.15) is 33.1 Å². The first-order chi connectivity index (χ1) is 19.3. The second kappa shape index (κ2) is 13.1. The van der Waals surface area contributed by atoms with Gasteiger partial charge in [-0.05, 0) is 57.4 Å². The zero-order valence-electron chi connectivity index (χ0n) is 23.3. The van der Waals surface area contributed by atoms with Gasteiger partial charge >= 0.3 is 5.97 Å². The number of thioether (sulfide) groups is 1. The van der Waals surface area contributed by atoms with Crippen LogP contribution in [-0.4, -0.2) is 88.0 Å². The standard InChI is InChI=1S/C30H40BrN3O5S/c1-5-9-18-39-29(38)23-24-27(36)34(16-10-17-35)26(30(24)19-22(31)25(23)40-30)28(37)33(15-6-2)21-13-11-20(12-14-21)32(7-3)8-4/h5-6,11-14,22-26,35H,1-2,7-10,15-19H2,3-4H3/t22?,23-,24+,25-,26?,30?/m1/s1. The van der Waals surface area contributed by atoms with E-state index in [9.17, 15) is 19.5 Å². The number of alkyl halides is 1. The van der Waals surface area contributed by atoms with Crippen LogP contribution < -0.4 is 9.80 Å². The molecule has 3 unspecified atom stereocenters. The molecule has 3 aliphatic rings. The molecule has 218 valence electrons. The highest BCUT2D eigenvalue weighted by molar-refractivity contribution is 9.09. The number of aliphatic hydroxyl groups is 1. The van der Waals surface area contributed by atoms with E-state index in [1.54, 1.807) is 33.7 Å². The van der Waals surface area contributed by atoms with Gasteiger partial charge in [0.2, 0.25) is 5.91 Å². The molecule has 10 heteroatoms. The predicted molar refractivity (Wildman–Crippen MR) is 164 cm³/mol. The lowest BCUT2D eigenvalue weighted by Crippen LogP contribution is -2.55. The number of rotatable bonds is 14. The first-order valence-electron chi connectivity index (χ1n) is 14.1. The van der Waals surface area contributed by atoms with Gasteiger partial charge in [-0.3, -0.25) is 14.4 Å². The fourth-order valence-electron chi connectivity index (χ4n) is 6.53. The lowest BCUT2D eigenvalue weighted by molar-refractivity contribution is -0.154. The maximum atomic E-state index is 14.6. The topological polar surface area (TPSA) is 90.4 Å². The highest BCUT2D eigenvalue weighted by atomic mass is 79.9.